The number of hydrogen-bond acceptors (Lipinski definition) is 6. The summed E-state index contributed by atoms with van der Waals surface area (Å²) in [7, 11) is 1.58. The number of benzene rings is 1. The first-order valence-corrected chi connectivity index (χ1v) is 5.80. The van der Waals surface area contributed by atoms with Crippen LogP contribution < -0.4 is 19.8 Å². The molecular weight excluding hydrogens is 250 g/mol. The number of aliphatic hydroxyl groups is 1. The second-order valence-electron chi connectivity index (χ2n) is 3.82. The molecule has 2 rings (SSSR count). The highest BCUT2D eigenvalue weighted by Crippen LogP contribution is 2.14. The largest absolute Gasteiger partial charge is 0.539 e. The molecule has 0 saturated carbocycles. The summed E-state index contributed by atoms with van der Waals surface area (Å²) >= 11 is 0. The highest BCUT2D eigenvalue weighted by molar-refractivity contribution is 5.31. The van der Waals surface area contributed by atoms with Crippen LogP contribution in [0.2, 0.25) is 0 Å². The third-order valence-corrected chi connectivity index (χ3v) is 2.59. The Bertz CT molecular complexity index is 524. The number of aromatic nitrogens is 2. The molecule has 0 aliphatic heterocycles. The van der Waals surface area contributed by atoms with E-state index in [2.05, 4.69) is 15.1 Å². The van der Waals surface area contributed by atoms with Crippen LogP contribution in [0.4, 0.5) is 0 Å². The third-order valence-electron chi connectivity index (χ3n) is 2.59. The number of nitrogens with one attached hydrogen (secondary N) is 1. The van der Waals surface area contributed by atoms with Crippen molar-refractivity contribution < 1.29 is 24.2 Å². The summed E-state index contributed by atoms with van der Waals surface area (Å²) < 4.78 is 11.1. The van der Waals surface area contributed by atoms with E-state index >= 15 is 0 Å². The van der Waals surface area contributed by atoms with Gasteiger partial charge in [-0.1, -0.05) is 0 Å². The SMILES string of the molecule is COc1ccc(-[n+]2noc([O-])c2CNCCO)cc1. The van der Waals surface area contributed by atoms with E-state index in [1.807, 2.05) is 0 Å². The molecule has 7 heteroatoms. The molecule has 0 radical (unpaired) electrons. The van der Waals surface area contributed by atoms with E-state index in [9.17, 15) is 5.11 Å². The lowest BCUT2D eigenvalue weighted by molar-refractivity contribution is -0.677. The van der Waals surface area contributed by atoms with E-state index in [-0.39, 0.29) is 13.2 Å². The fourth-order valence-electron chi connectivity index (χ4n) is 1.63. The molecule has 0 atom stereocenters. The fourth-order valence-corrected chi connectivity index (χ4v) is 1.63. The molecule has 0 fully saturated rings. The van der Waals surface area contributed by atoms with Crippen LogP contribution in [-0.2, 0) is 6.54 Å². The zero-order valence-corrected chi connectivity index (χ0v) is 10.5. The van der Waals surface area contributed by atoms with Crippen molar-refractivity contribution in [1.82, 2.24) is 10.6 Å². The van der Waals surface area contributed by atoms with Gasteiger partial charge in [-0.15, -0.1) is 0 Å². The number of aliphatic hydroxyl groups excluding tert-OH is 1. The van der Waals surface area contributed by atoms with Gasteiger partial charge in [-0.25, -0.2) is 0 Å². The highest BCUT2D eigenvalue weighted by Gasteiger charge is 2.19. The maximum absolute atomic E-state index is 11.6. The van der Waals surface area contributed by atoms with E-state index in [0.29, 0.717) is 17.9 Å². The van der Waals surface area contributed by atoms with E-state index < -0.39 is 5.95 Å². The highest BCUT2D eigenvalue weighted by atomic mass is 16.6. The molecule has 0 aliphatic carbocycles. The summed E-state index contributed by atoms with van der Waals surface area (Å²) in [6, 6.07) is 7.09. The van der Waals surface area contributed by atoms with Crippen LogP contribution in [0.25, 0.3) is 5.69 Å². The number of rotatable bonds is 6. The average molecular weight is 265 g/mol. The van der Waals surface area contributed by atoms with Gasteiger partial charge in [-0.05, 0) is 16.8 Å². The van der Waals surface area contributed by atoms with Crippen molar-refractivity contribution in [3.05, 3.63) is 30.0 Å². The van der Waals surface area contributed by atoms with Gasteiger partial charge in [0.05, 0.1) is 25.5 Å². The minimum atomic E-state index is -0.499. The Labute approximate surface area is 110 Å². The summed E-state index contributed by atoms with van der Waals surface area (Å²) in [5.41, 5.74) is 1.08. The van der Waals surface area contributed by atoms with Crippen molar-refractivity contribution in [2.24, 2.45) is 0 Å². The van der Waals surface area contributed by atoms with Gasteiger partial charge in [-0.2, -0.15) is 0 Å². The summed E-state index contributed by atoms with van der Waals surface area (Å²) in [5.74, 6) is 0.219. The first kappa shape index (κ1) is 13.3. The molecule has 0 bridgehead atoms. The molecule has 1 heterocycles. The lowest BCUT2D eigenvalue weighted by Crippen LogP contribution is -2.39. The predicted octanol–water partition coefficient (Wildman–Crippen LogP) is -0.885. The molecule has 1 aromatic carbocycles. The number of methoxy groups -OCH3 is 1. The Balaban J connectivity index is 2.23. The normalized spacial score (nSPS) is 10.6. The Morgan fingerprint density at radius 3 is 2.79 bits per heavy atom. The minimum absolute atomic E-state index is 0.00199. The summed E-state index contributed by atoms with van der Waals surface area (Å²) in [6.45, 7) is 0.671. The number of hydrogen-bond donors (Lipinski definition) is 2. The van der Waals surface area contributed by atoms with E-state index in [1.165, 1.54) is 4.68 Å². The Hall–Kier alpha value is -2.12. The van der Waals surface area contributed by atoms with Crippen molar-refractivity contribution in [3.8, 4) is 17.4 Å². The summed E-state index contributed by atoms with van der Waals surface area (Å²) in [4.78, 5) is 0. The molecule has 2 aromatic rings. The molecule has 0 saturated heterocycles. The van der Waals surface area contributed by atoms with Crippen LogP contribution in [0.3, 0.4) is 0 Å². The summed E-state index contributed by atoms with van der Waals surface area (Å²) in [5, 5.41) is 26.9. The predicted molar refractivity (Wildman–Crippen MR) is 62.8 cm³/mol. The number of ether oxygens (including phenoxy) is 1. The molecule has 102 valence electrons. The van der Waals surface area contributed by atoms with Crippen LogP contribution in [0.5, 0.6) is 11.7 Å². The quantitative estimate of drug-likeness (QED) is 0.520. The molecule has 0 aliphatic rings. The minimum Gasteiger partial charge on any atom is -0.539 e. The lowest BCUT2D eigenvalue weighted by Gasteiger charge is -2.01. The van der Waals surface area contributed by atoms with Gasteiger partial charge in [0, 0.05) is 18.7 Å². The fraction of sp³-hybridized carbons (Fsp3) is 0.333. The van der Waals surface area contributed by atoms with Gasteiger partial charge in [0.15, 0.2) is 5.95 Å². The second-order valence-corrected chi connectivity index (χ2v) is 3.82. The molecule has 0 amide bonds. The molecule has 2 N–H and O–H groups in total. The maximum Gasteiger partial charge on any atom is 0.253 e. The lowest BCUT2D eigenvalue weighted by atomic mass is 10.3. The van der Waals surface area contributed by atoms with Crippen molar-refractivity contribution in [1.29, 1.82) is 0 Å². The van der Waals surface area contributed by atoms with Crippen molar-refractivity contribution in [2.75, 3.05) is 20.3 Å². The monoisotopic (exact) mass is 265 g/mol. The van der Waals surface area contributed by atoms with Crippen LogP contribution in [0, 0.1) is 0 Å². The molecule has 0 unspecified atom stereocenters. The Morgan fingerprint density at radius 2 is 2.16 bits per heavy atom. The first-order chi connectivity index (χ1) is 9.26. The summed E-state index contributed by atoms with van der Waals surface area (Å²) in [6.07, 6.45) is 0. The maximum atomic E-state index is 11.6. The number of nitrogens with zero attached hydrogens (tertiary/aromatic N) is 2. The Morgan fingerprint density at radius 1 is 1.42 bits per heavy atom. The van der Waals surface area contributed by atoms with Gasteiger partial charge in [0.2, 0.25) is 5.69 Å². The zero-order chi connectivity index (χ0) is 13.7. The van der Waals surface area contributed by atoms with Gasteiger partial charge < -0.3 is 24.8 Å². The van der Waals surface area contributed by atoms with Crippen LogP contribution >= 0.6 is 0 Å². The van der Waals surface area contributed by atoms with Crippen molar-refractivity contribution in [3.63, 3.8) is 0 Å². The van der Waals surface area contributed by atoms with Crippen LogP contribution in [0.1, 0.15) is 5.69 Å². The van der Waals surface area contributed by atoms with Gasteiger partial charge >= 0.3 is 0 Å². The topological polar surface area (TPSA) is 94.5 Å². The molecule has 7 nitrogen and oxygen atoms in total. The standard InChI is InChI=1S/C12H15N3O4/c1-18-10-4-2-9(3-5-10)15-11(8-13-6-7-16)12(17)19-14-15/h2-5,13,16H,6-8H2,1H3. The van der Waals surface area contributed by atoms with Gasteiger partial charge in [0.1, 0.15) is 5.75 Å². The van der Waals surface area contributed by atoms with E-state index in [4.69, 9.17) is 9.84 Å². The van der Waals surface area contributed by atoms with Crippen molar-refractivity contribution >= 4 is 0 Å². The average Bonchev–Trinajstić information content (AvgIpc) is 2.81. The Kier molecular flexibility index (Phi) is 4.32. The van der Waals surface area contributed by atoms with Crippen molar-refractivity contribution in [2.45, 2.75) is 6.54 Å². The van der Waals surface area contributed by atoms with Gasteiger partial charge in [-0.3, -0.25) is 0 Å². The first-order valence-electron chi connectivity index (χ1n) is 5.80. The molecular formula is C12H15N3O4. The molecule has 0 spiro atoms. The zero-order valence-electron chi connectivity index (χ0n) is 10.5. The molecule has 1 aromatic heterocycles. The van der Waals surface area contributed by atoms with E-state index in [0.717, 1.165) is 5.75 Å². The second kappa shape index (κ2) is 6.17. The van der Waals surface area contributed by atoms with E-state index in [1.54, 1.807) is 31.4 Å². The van der Waals surface area contributed by atoms with Gasteiger partial charge in [0.25, 0.3) is 5.69 Å². The molecule has 19 heavy (non-hydrogen) atoms. The third kappa shape index (κ3) is 3.01. The van der Waals surface area contributed by atoms with Crippen LogP contribution in [-0.4, -0.2) is 30.6 Å². The smallest absolute Gasteiger partial charge is 0.253 e. The van der Waals surface area contributed by atoms with Crippen LogP contribution in [0.15, 0.2) is 28.8 Å².